The van der Waals surface area contributed by atoms with Crippen molar-refractivity contribution in [1.82, 2.24) is 44.9 Å². The minimum atomic E-state index is -1.41. The van der Waals surface area contributed by atoms with Gasteiger partial charge in [0.2, 0.25) is 0 Å². The van der Waals surface area contributed by atoms with Crippen LogP contribution < -0.4 is 5.46 Å². The Bertz CT molecular complexity index is 6740. The van der Waals surface area contributed by atoms with Crippen molar-refractivity contribution in [2.45, 2.75) is 0 Å². The largest absolute Gasteiger partial charge is 0.488 e. The maximum absolute atomic E-state index is 8.93. The smallest absolute Gasteiger partial charge is 0.423 e. The van der Waals surface area contributed by atoms with Crippen LogP contribution in [0.4, 0.5) is 0 Å². The molecular weight excluding hydrogens is 1520 g/mol. The molecule has 0 radical (unpaired) electrons. The molecule has 20 rings (SSSR count). The van der Waals surface area contributed by atoms with Gasteiger partial charge in [-0.1, -0.05) is 308 Å². The van der Waals surface area contributed by atoms with Gasteiger partial charge in [0.15, 0.2) is 34.9 Å². The normalized spacial score (nSPS) is 11.0. The molecule has 5 heterocycles. The van der Waals surface area contributed by atoms with E-state index < -0.39 is 7.12 Å². The molecule has 574 valence electrons. The number of nitrogens with zero attached hydrogens (tertiary/aromatic N) is 9. The molecule has 0 atom stereocenters. The van der Waals surface area contributed by atoms with Gasteiger partial charge >= 0.3 is 7.12 Å². The van der Waals surface area contributed by atoms with Crippen LogP contribution in [0.25, 0.3) is 190 Å². The summed E-state index contributed by atoms with van der Waals surface area (Å²) in [5.41, 5.74) is 24.2. The van der Waals surface area contributed by atoms with Crippen molar-refractivity contribution in [3.63, 3.8) is 0 Å². The molecule has 14 heteroatoms. The molecule has 20 aromatic rings. The van der Waals surface area contributed by atoms with Crippen molar-refractivity contribution in [3.05, 3.63) is 435 Å². The highest BCUT2D eigenvalue weighted by molar-refractivity contribution is 6.58. The topological polar surface area (TPSA) is 156 Å². The molecule has 0 fully saturated rings. The molecule has 0 spiro atoms. The van der Waals surface area contributed by atoms with Crippen molar-refractivity contribution in [1.29, 1.82) is 0 Å². The Morgan fingerprint density at radius 2 is 0.397 bits per heavy atom. The first kappa shape index (κ1) is 77.1. The second kappa shape index (κ2) is 35.8. The van der Waals surface area contributed by atoms with Gasteiger partial charge in [0.05, 0.1) is 17.1 Å². The third-order valence-electron chi connectivity index (χ3n) is 20.9. The van der Waals surface area contributed by atoms with Crippen LogP contribution in [0.3, 0.4) is 0 Å². The second-order valence-electron chi connectivity index (χ2n) is 29.1. The van der Waals surface area contributed by atoms with Gasteiger partial charge in [0.25, 0.3) is 0 Å². The summed E-state index contributed by atoms with van der Waals surface area (Å²) < 4.78 is 0. The number of hydrogen-bond acceptors (Lipinski definition) is 11. The van der Waals surface area contributed by atoms with Crippen LogP contribution in [0.5, 0.6) is 0 Å². The minimum absolute atomic E-state index is 0.481. The summed E-state index contributed by atoms with van der Waals surface area (Å²) >= 11 is 13.3. The first-order valence-electron chi connectivity index (χ1n) is 39.6. The Balaban J connectivity index is 0.000000149. The number of rotatable bonds is 16. The van der Waals surface area contributed by atoms with E-state index in [1.165, 1.54) is 0 Å². The Hall–Kier alpha value is -15.1. The summed E-state index contributed by atoms with van der Waals surface area (Å²) in [5, 5.41) is 23.6. The maximum atomic E-state index is 8.93. The monoisotopic (exact) mass is 1600 g/mol. The summed E-state index contributed by atoms with van der Waals surface area (Å²) in [6.45, 7) is 0. The lowest BCUT2D eigenvalue weighted by molar-refractivity contribution is 0.426. The molecule has 11 nitrogen and oxygen atoms in total. The van der Waals surface area contributed by atoms with Gasteiger partial charge in [-0.3, -0.25) is 15.0 Å². The average Bonchev–Trinajstić information content (AvgIpc) is 0.814. The molecule has 0 aliphatic heterocycles. The van der Waals surface area contributed by atoms with Crippen LogP contribution in [0.2, 0.25) is 10.0 Å². The van der Waals surface area contributed by atoms with Crippen LogP contribution in [0.15, 0.2) is 425 Å². The Kier molecular flexibility index (Phi) is 22.8. The standard InChI is InChI=1S/C59H39N5.C37H23Cl2N3.C11H10BNO2/c1-3-13-40(14-4-1)49-34-51(43-21-26-45(27-22-43)55-19-9-11-31-60-55)38-53(36-49)58-62-57(48-30-25-42-17-7-8-18-47(42)33-48)63-59(64-58)54-37-50(41-15-5-2-6-16-41)35-52(39-54)44-23-28-46(29-24-44)56-20-10-12-32-61-56;38-33-20-29(24-9-3-1-4-10-24)18-31(22-33)36-40-35(28-16-15-26-13-7-8-14-27(26)17-28)41-37(42-36)32-19-30(21-34(39)23-32)25-11-5-2-6-12-25;14-12(15)10-6-4-9(5-7-10)11-3-1-2-8-13-11/h1-39H;1-23H;1-8,14-15H. The van der Waals surface area contributed by atoms with Crippen molar-refractivity contribution in [2.75, 3.05) is 0 Å². The molecule has 0 saturated carbocycles. The lowest BCUT2D eigenvalue weighted by atomic mass is 9.80. The van der Waals surface area contributed by atoms with Gasteiger partial charge in [0.1, 0.15) is 0 Å². The molecule has 0 aliphatic carbocycles. The van der Waals surface area contributed by atoms with Gasteiger partial charge < -0.3 is 10.0 Å². The predicted octanol–water partition coefficient (Wildman–Crippen LogP) is 25.9. The average molecular weight is 1600 g/mol. The highest BCUT2D eigenvalue weighted by atomic mass is 35.5. The number of fused-ring (bicyclic) bond motifs is 2. The molecule has 5 aromatic heterocycles. The van der Waals surface area contributed by atoms with Crippen molar-refractivity contribution in [2.24, 2.45) is 0 Å². The molecule has 0 unspecified atom stereocenters. The number of aromatic nitrogens is 9. The molecular formula is C107H72BCl2N9O2. The first-order chi connectivity index (χ1) is 59.5. The quantitative estimate of drug-likeness (QED) is 0.0888. The van der Waals surface area contributed by atoms with E-state index in [9.17, 15) is 0 Å². The fourth-order valence-electron chi connectivity index (χ4n) is 14.8. The molecule has 0 bridgehead atoms. The van der Waals surface area contributed by atoms with Crippen molar-refractivity contribution >= 4 is 57.3 Å². The Labute approximate surface area is 711 Å². The highest BCUT2D eigenvalue weighted by Gasteiger charge is 2.21. The molecule has 121 heavy (non-hydrogen) atoms. The SMILES string of the molecule is Clc1cc(-c2ccccc2)cc(-c2nc(-c3cc(Cl)cc(-c4ccccc4)c3)nc(-c3ccc4ccccc4c3)n2)c1.OB(O)c1ccc(-c2ccccn2)cc1.c1ccc(-c2cc(-c3ccc(-c4ccccn4)cc3)cc(-c3nc(-c4cc(-c5ccccc5)cc(-c5ccc(-c6ccccn6)cc5)c4)nc(-c4ccc5ccccc5c4)n3)c2)cc1. The van der Waals surface area contributed by atoms with E-state index in [1.807, 2.05) is 170 Å². The van der Waals surface area contributed by atoms with Gasteiger partial charge in [0, 0.05) is 78.7 Å². The molecule has 0 saturated heterocycles. The van der Waals surface area contributed by atoms with Gasteiger partial charge in [-0.25, -0.2) is 29.9 Å². The number of pyridine rings is 3. The van der Waals surface area contributed by atoms with Crippen molar-refractivity contribution in [3.8, 4) is 169 Å². The molecule has 0 aliphatic rings. The van der Waals surface area contributed by atoms with E-state index in [4.69, 9.17) is 63.2 Å². The van der Waals surface area contributed by atoms with E-state index in [0.717, 1.165) is 155 Å². The summed E-state index contributed by atoms with van der Waals surface area (Å²) in [4.78, 5) is 44.2. The first-order valence-corrected chi connectivity index (χ1v) is 40.3. The van der Waals surface area contributed by atoms with Crippen LogP contribution in [0.1, 0.15) is 0 Å². The minimum Gasteiger partial charge on any atom is -0.423 e. The van der Waals surface area contributed by atoms with E-state index >= 15 is 0 Å². The van der Waals surface area contributed by atoms with Gasteiger partial charge in [-0.15, -0.1) is 0 Å². The summed E-state index contributed by atoms with van der Waals surface area (Å²) in [6, 6.07) is 137. The van der Waals surface area contributed by atoms with E-state index in [2.05, 4.69) is 252 Å². The zero-order valence-electron chi connectivity index (χ0n) is 65.2. The molecule has 2 N–H and O–H groups in total. The summed E-state index contributed by atoms with van der Waals surface area (Å²) in [6.07, 6.45) is 5.38. The second-order valence-corrected chi connectivity index (χ2v) is 29.9. The van der Waals surface area contributed by atoms with Crippen LogP contribution >= 0.6 is 23.2 Å². The third-order valence-corrected chi connectivity index (χ3v) is 21.4. The third kappa shape index (κ3) is 18.2. The Morgan fingerprint density at radius 3 is 0.694 bits per heavy atom. The summed E-state index contributed by atoms with van der Waals surface area (Å²) in [7, 11) is -1.41. The Morgan fingerprint density at radius 1 is 0.174 bits per heavy atom. The lowest BCUT2D eigenvalue weighted by Crippen LogP contribution is -2.29. The van der Waals surface area contributed by atoms with Gasteiger partial charge in [-0.05, 0) is 215 Å². The van der Waals surface area contributed by atoms with E-state index in [0.29, 0.717) is 50.5 Å². The van der Waals surface area contributed by atoms with E-state index in [-0.39, 0.29) is 0 Å². The molecule has 15 aromatic carbocycles. The maximum Gasteiger partial charge on any atom is 0.488 e. The van der Waals surface area contributed by atoms with Gasteiger partial charge in [-0.2, -0.15) is 0 Å². The van der Waals surface area contributed by atoms with Crippen LogP contribution in [0, 0.1) is 0 Å². The predicted molar refractivity (Wildman–Crippen MR) is 496 cm³/mol. The summed E-state index contributed by atoms with van der Waals surface area (Å²) in [5.74, 6) is 3.41. The highest BCUT2D eigenvalue weighted by Crippen LogP contribution is 2.40. The number of hydrogen-bond donors (Lipinski definition) is 2. The fraction of sp³-hybridized carbons (Fsp3) is 0. The fourth-order valence-corrected chi connectivity index (χ4v) is 15.2. The van der Waals surface area contributed by atoms with E-state index in [1.54, 1.807) is 18.3 Å². The number of benzene rings is 15. The van der Waals surface area contributed by atoms with Crippen LogP contribution in [-0.4, -0.2) is 62.0 Å². The number of halogens is 2. The molecule has 0 amide bonds. The zero-order valence-corrected chi connectivity index (χ0v) is 66.7. The van der Waals surface area contributed by atoms with Crippen LogP contribution in [-0.2, 0) is 0 Å². The zero-order chi connectivity index (χ0) is 81.8. The lowest BCUT2D eigenvalue weighted by Gasteiger charge is -2.14. The van der Waals surface area contributed by atoms with Crippen molar-refractivity contribution < 1.29 is 10.0 Å².